The summed E-state index contributed by atoms with van der Waals surface area (Å²) in [7, 11) is 0. The first-order valence-corrected chi connectivity index (χ1v) is 19.2. The van der Waals surface area contributed by atoms with Crippen molar-refractivity contribution in [2.45, 2.75) is 0 Å². The van der Waals surface area contributed by atoms with Crippen LogP contribution in [-0.2, 0) is 0 Å². The van der Waals surface area contributed by atoms with Gasteiger partial charge in [0.05, 0.1) is 0 Å². The fourth-order valence-electron chi connectivity index (χ4n) is 7.32. The van der Waals surface area contributed by atoms with E-state index in [1.165, 1.54) is 42.4 Å². The molecule has 4 heteroatoms. The van der Waals surface area contributed by atoms with Gasteiger partial charge in [0.15, 0.2) is 17.5 Å². The monoisotopic (exact) mass is 719 g/mol. The second-order valence-electron chi connectivity index (χ2n) is 13.6. The molecule has 8 aromatic carbocycles. The van der Waals surface area contributed by atoms with Gasteiger partial charge in [-0.05, 0) is 68.8 Å². The first-order chi connectivity index (χ1) is 27.2. The molecule has 0 aliphatic carbocycles. The molecule has 0 fully saturated rings. The van der Waals surface area contributed by atoms with E-state index >= 15 is 0 Å². The van der Waals surface area contributed by atoms with Gasteiger partial charge in [0, 0.05) is 36.9 Å². The fraction of sp³-hybridized carbons (Fsp3) is 0. The van der Waals surface area contributed by atoms with Gasteiger partial charge in [-0.1, -0.05) is 176 Å². The van der Waals surface area contributed by atoms with Crippen molar-refractivity contribution in [1.29, 1.82) is 0 Å². The molecule has 10 rings (SSSR count). The lowest BCUT2D eigenvalue weighted by Crippen LogP contribution is -2.00. The number of aromatic nitrogens is 3. The van der Waals surface area contributed by atoms with E-state index in [0.29, 0.717) is 17.5 Å². The summed E-state index contributed by atoms with van der Waals surface area (Å²) in [4.78, 5) is 15.4. The maximum absolute atomic E-state index is 5.16. The van der Waals surface area contributed by atoms with Crippen molar-refractivity contribution < 1.29 is 0 Å². The van der Waals surface area contributed by atoms with Gasteiger partial charge < -0.3 is 0 Å². The second kappa shape index (κ2) is 14.1. The molecule has 0 saturated carbocycles. The first kappa shape index (κ1) is 32.6. The first-order valence-electron chi connectivity index (χ1n) is 18.4. The van der Waals surface area contributed by atoms with Crippen LogP contribution in [0.3, 0.4) is 0 Å². The van der Waals surface area contributed by atoms with E-state index < -0.39 is 0 Å². The van der Waals surface area contributed by atoms with E-state index in [9.17, 15) is 0 Å². The Morgan fingerprint density at radius 3 is 1.18 bits per heavy atom. The van der Waals surface area contributed by atoms with Gasteiger partial charge in [-0.15, -0.1) is 11.3 Å². The average Bonchev–Trinajstić information content (AvgIpc) is 3.66. The smallest absolute Gasteiger partial charge is 0.165 e. The molecule has 0 unspecified atom stereocenters. The predicted molar refractivity (Wildman–Crippen MR) is 231 cm³/mol. The maximum Gasteiger partial charge on any atom is 0.165 e. The molecule has 0 spiro atoms. The number of thiophene rings is 1. The van der Waals surface area contributed by atoms with Crippen molar-refractivity contribution in [1.82, 2.24) is 15.0 Å². The molecule has 0 saturated heterocycles. The summed E-state index contributed by atoms with van der Waals surface area (Å²) in [5.41, 5.74) is 12.3. The zero-order chi connectivity index (χ0) is 36.6. The Hall–Kier alpha value is -7.01. The lowest BCUT2D eigenvalue weighted by atomic mass is 9.98. The predicted octanol–water partition coefficient (Wildman–Crippen LogP) is 13.9. The van der Waals surface area contributed by atoms with E-state index in [1.54, 1.807) is 11.3 Å². The molecule has 0 amide bonds. The van der Waals surface area contributed by atoms with Crippen molar-refractivity contribution in [3.05, 3.63) is 200 Å². The number of fused-ring (bicyclic) bond motifs is 3. The number of benzene rings is 8. The molecule has 258 valence electrons. The van der Waals surface area contributed by atoms with Crippen LogP contribution in [0, 0.1) is 0 Å². The molecule has 0 atom stereocenters. The van der Waals surface area contributed by atoms with Crippen molar-refractivity contribution in [2.24, 2.45) is 0 Å². The summed E-state index contributed by atoms with van der Waals surface area (Å²) in [6.07, 6.45) is 0. The summed E-state index contributed by atoms with van der Waals surface area (Å²) in [6, 6.07) is 70.5. The molecule has 2 aromatic heterocycles. The largest absolute Gasteiger partial charge is 0.208 e. The summed E-state index contributed by atoms with van der Waals surface area (Å²) in [5, 5.41) is 2.46. The Kier molecular flexibility index (Phi) is 8.36. The summed E-state index contributed by atoms with van der Waals surface area (Å²) in [6.45, 7) is 0. The van der Waals surface area contributed by atoms with Crippen LogP contribution < -0.4 is 0 Å². The molecular formula is C51H33N3S. The van der Waals surface area contributed by atoms with Crippen molar-refractivity contribution >= 4 is 31.5 Å². The van der Waals surface area contributed by atoms with Gasteiger partial charge in [-0.3, -0.25) is 0 Å². The van der Waals surface area contributed by atoms with E-state index in [1.807, 2.05) is 12.1 Å². The minimum Gasteiger partial charge on any atom is -0.208 e. The third kappa shape index (κ3) is 6.39. The standard InChI is InChI=1S/C51H33N3S/c1-3-12-34(13-4-1)40-16-9-18-42(32-40)36-24-28-38(29-25-36)49-52-50(54-51(53-49)46-22-11-21-45-44-20-7-8-23-47(44)55-48(45)46)39-30-26-37(27-31-39)43-19-10-17-41(33-43)35-14-5-2-6-15-35/h1-33H. The molecule has 0 radical (unpaired) electrons. The zero-order valence-electron chi connectivity index (χ0n) is 29.8. The van der Waals surface area contributed by atoms with Gasteiger partial charge in [0.1, 0.15) is 0 Å². The maximum atomic E-state index is 5.16. The highest BCUT2D eigenvalue weighted by Gasteiger charge is 2.17. The number of hydrogen-bond donors (Lipinski definition) is 0. The van der Waals surface area contributed by atoms with Gasteiger partial charge in [-0.25, -0.2) is 15.0 Å². The van der Waals surface area contributed by atoms with Crippen molar-refractivity contribution in [3.8, 4) is 78.7 Å². The third-order valence-electron chi connectivity index (χ3n) is 10.2. The topological polar surface area (TPSA) is 38.7 Å². The molecule has 2 heterocycles. The van der Waals surface area contributed by atoms with Crippen LogP contribution in [-0.4, -0.2) is 15.0 Å². The third-order valence-corrected chi connectivity index (χ3v) is 11.4. The molecule has 0 aliphatic heterocycles. The average molecular weight is 720 g/mol. The van der Waals surface area contributed by atoms with Crippen LogP contribution in [0.1, 0.15) is 0 Å². The van der Waals surface area contributed by atoms with E-state index in [-0.39, 0.29) is 0 Å². The highest BCUT2D eigenvalue weighted by molar-refractivity contribution is 7.26. The van der Waals surface area contributed by atoms with Crippen LogP contribution in [0.2, 0.25) is 0 Å². The SMILES string of the molecule is c1ccc(-c2cccc(-c3ccc(-c4nc(-c5ccc(-c6cccc(-c7ccccc7)c6)cc5)nc(-c5cccc6c5sc5ccccc56)n4)cc3)c2)cc1. The minimum atomic E-state index is 0.641. The van der Waals surface area contributed by atoms with Gasteiger partial charge in [-0.2, -0.15) is 0 Å². The molecular weight excluding hydrogens is 687 g/mol. The quantitative estimate of drug-likeness (QED) is 0.165. The molecule has 0 N–H and O–H groups in total. The van der Waals surface area contributed by atoms with E-state index in [2.05, 4.69) is 188 Å². The van der Waals surface area contributed by atoms with E-state index in [4.69, 9.17) is 15.0 Å². The summed E-state index contributed by atoms with van der Waals surface area (Å²) < 4.78 is 2.42. The highest BCUT2D eigenvalue weighted by atomic mass is 32.1. The fourth-order valence-corrected chi connectivity index (χ4v) is 8.53. The van der Waals surface area contributed by atoms with Crippen LogP contribution in [0.25, 0.3) is 98.8 Å². The van der Waals surface area contributed by atoms with Crippen LogP contribution in [0.4, 0.5) is 0 Å². The van der Waals surface area contributed by atoms with Crippen LogP contribution >= 0.6 is 11.3 Å². The number of hydrogen-bond acceptors (Lipinski definition) is 4. The van der Waals surface area contributed by atoms with E-state index in [0.717, 1.165) is 38.9 Å². The van der Waals surface area contributed by atoms with Gasteiger partial charge in [0.2, 0.25) is 0 Å². The number of nitrogens with zero attached hydrogens (tertiary/aromatic N) is 3. The van der Waals surface area contributed by atoms with Crippen LogP contribution in [0.5, 0.6) is 0 Å². The van der Waals surface area contributed by atoms with Crippen LogP contribution in [0.15, 0.2) is 200 Å². The summed E-state index contributed by atoms with van der Waals surface area (Å²) >= 11 is 1.78. The highest BCUT2D eigenvalue weighted by Crippen LogP contribution is 2.40. The molecule has 10 aromatic rings. The Morgan fingerprint density at radius 1 is 0.273 bits per heavy atom. The molecule has 0 aliphatic rings. The van der Waals surface area contributed by atoms with Gasteiger partial charge in [0.25, 0.3) is 0 Å². The molecule has 55 heavy (non-hydrogen) atoms. The Labute approximate surface area is 323 Å². The summed E-state index contributed by atoms with van der Waals surface area (Å²) in [5.74, 6) is 1.95. The normalized spacial score (nSPS) is 11.3. The Morgan fingerprint density at radius 2 is 0.655 bits per heavy atom. The Balaban J connectivity index is 1.05. The zero-order valence-corrected chi connectivity index (χ0v) is 30.6. The molecule has 3 nitrogen and oxygen atoms in total. The minimum absolute atomic E-state index is 0.641. The lowest BCUT2D eigenvalue weighted by Gasteiger charge is -2.11. The second-order valence-corrected chi connectivity index (χ2v) is 14.7. The van der Waals surface area contributed by atoms with Crippen molar-refractivity contribution in [2.75, 3.05) is 0 Å². The number of rotatable bonds is 7. The lowest BCUT2D eigenvalue weighted by molar-refractivity contribution is 1.08. The van der Waals surface area contributed by atoms with Gasteiger partial charge >= 0.3 is 0 Å². The molecule has 0 bridgehead atoms. The van der Waals surface area contributed by atoms with Crippen molar-refractivity contribution in [3.63, 3.8) is 0 Å². The Bertz CT molecular complexity index is 2810.